The molecule has 110 valence electrons. The molecule has 20 heavy (non-hydrogen) atoms. The Morgan fingerprint density at radius 3 is 2.65 bits per heavy atom. The zero-order valence-electron chi connectivity index (χ0n) is 12.0. The van der Waals surface area contributed by atoms with Crippen molar-refractivity contribution in [1.29, 1.82) is 0 Å². The molecule has 0 aromatic heterocycles. The molecular formula is C16H22O3S. The van der Waals surface area contributed by atoms with E-state index < -0.39 is 0 Å². The molecule has 0 N–H and O–H groups in total. The van der Waals surface area contributed by atoms with Gasteiger partial charge in [0.05, 0.1) is 0 Å². The predicted molar refractivity (Wildman–Crippen MR) is 79.6 cm³/mol. The smallest absolute Gasteiger partial charge is 0.173 e. The highest BCUT2D eigenvalue weighted by Gasteiger charge is 2.46. The fraction of sp³-hybridized carbons (Fsp3) is 0.750. The number of Topliss-reactive ketones (excluding diaryl/α,β-unsaturated/α-hetero) is 1. The molecule has 2 unspecified atom stereocenters. The van der Waals surface area contributed by atoms with Crippen LogP contribution in [0.1, 0.15) is 51.9 Å². The van der Waals surface area contributed by atoms with Gasteiger partial charge in [0.15, 0.2) is 17.7 Å². The summed E-state index contributed by atoms with van der Waals surface area (Å²) in [6.45, 7) is 2.19. The maximum absolute atomic E-state index is 12.0. The lowest BCUT2D eigenvalue weighted by atomic mass is 9.70. The Kier molecular flexibility index (Phi) is 3.93. The molecule has 3 nitrogen and oxygen atoms in total. The number of ether oxygens (including phenoxy) is 1. The van der Waals surface area contributed by atoms with Crippen LogP contribution in [0.15, 0.2) is 11.8 Å². The Bertz CT molecular complexity index is 451. The van der Waals surface area contributed by atoms with Gasteiger partial charge in [-0.1, -0.05) is 13.3 Å². The van der Waals surface area contributed by atoms with Gasteiger partial charge in [0.25, 0.3) is 0 Å². The number of carbonyl (C=O) groups excluding carboxylic acids is 2. The average molecular weight is 294 g/mol. The maximum Gasteiger partial charge on any atom is 0.173 e. The topological polar surface area (TPSA) is 43.4 Å². The number of rotatable bonds is 5. The van der Waals surface area contributed by atoms with Crippen molar-refractivity contribution in [2.75, 3.05) is 5.75 Å². The van der Waals surface area contributed by atoms with Crippen LogP contribution in [0.2, 0.25) is 0 Å². The Balaban J connectivity index is 1.68. The zero-order valence-corrected chi connectivity index (χ0v) is 12.8. The van der Waals surface area contributed by atoms with Gasteiger partial charge in [-0.3, -0.25) is 9.59 Å². The Labute approximate surface area is 124 Å². The summed E-state index contributed by atoms with van der Waals surface area (Å²) in [6, 6.07) is 0. The molecular weight excluding hydrogens is 272 g/mol. The molecule has 4 heteroatoms. The van der Waals surface area contributed by atoms with E-state index in [1.807, 2.05) is 11.8 Å². The third-order valence-electron chi connectivity index (χ3n) is 4.90. The van der Waals surface area contributed by atoms with Crippen molar-refractivity contribution in [1.82, 2.24) is 0 Å². The van der Waals surface area contributed by atoms with Crippen LogP contribution in [-0.4, -0.2) is 28.2 Å². The van der Waals surface area contributed by atoms with Crippen LogP contribution < -0.4 is 0 Å². The second-order valence-corrected chi connectivity index (χ2v) is 7.82. The minimum atomic E-state index is -0.274. The minimum Gasteiger partial charge on any atom is -0.487 e. The molecule has 0 amide bonds. The SMILES string of the molecule is CCSC1(C2CC(=O)C=C(OC3CCC3=O)C2)CCC1. The first kappa shape index (κ1) is 14.2. The Morgan fingerprint density at radius 1 is 1.35 bits per heavy atom. The molecule has 0 spiro atoms. The molecule has 0 radical (unpaired) electrons. The summed E-state index contributed by atoms with van der Waals surface area (Å²) in [6.07, 6.45) is 8.00. The van der Waals surface area contributed by atoms with Crippen LogP contribution in [0, 0.1) is 5.92 Å². The van der Waals surface area contributed by atoms with Crippen molar-refractivity contribution in [3.63, 3.8) is 0 Å². The molecule has 0 saturated heterocycles. The second-order valence-electron chi connectivity index (χ2n) is 6.14. The third kappa shape index (κ3) is 2.54. The highest BCUT2D eigenvalue weighted by Crippen LogP contribution is 2.53. The molecule has 0 aromatic carbocycles. The van der Waals surface area contributed by atoms with E-state index in [4.69, 9.17) is 4.74 Å². The molecule has 3 aliphatic carbocycles. The first-order valence-electron chi connectivity index (χ1n) is 7.70. The van der Waals surface area contributed by atoms with Gasteiger partial charge < -0.3 is 4.74 Å². The zero-order chi connectivity index (χ0) is 14.2. The normalized spacial score (nSPS) is 32.1. The van der Waals surface area contributed by atoms with Gasteiger partial charge in [-0.05, 0) is 30.9 Å². The molecule has 2 fully saturated rings. The lowest BCUT2D eigenvalue weighted by Gasteiger charge is -2.48. The van der Waals surface area contributed by atoms with Gasteiger partial charge in [-0.2, -0.15) is 11.8 Å². The Morgan fingerprint density at radius 2 is 2.15 bits per heavy atom. The lowest BCUT2D eigenvalue weighted by Crippen LogP contribution is -2.44. The fourth-order valence-corrected chi connectivity index (χ4v) is 5.03. The molecule has 0 aliphatic heterocycles. The van der Waals surface area contributed by atoms with Crippen molar-refractivity contribution in [2.45, 2.75) is 62.7 Å². The van der Waals surface area contributed by atoms with Crippen LogP contribution in [0.4, 0.5) is 0 Å². The van der Waals surface area contributed by atoms with Crippen LogP contribution in [0.25, 0.3) is 0 Å². The maximum atomic E-state index is 12.0. The van der Waals surface area contributed by atoms with Gasteiger partial charge in [0.2, 0.25) is 0 Å². The average Bonchev–Trinajstić information content (AvgIpc) is 2.38. The van der Waals surface area contributed by atoms with E-state index in [0.717, 1.165) is 24.4 Å². The third-order valence-corrected chi connectivity index (χ3v) is 6.50. The first-order chi connectivity index (χ1) is 9.63. The van der Waals surface area contributed by atoms with Crippen molar-refractivity contribution in [2.24, 2.45) is 5.92 Å². The monoisotopic (exact) mass is 294 g/mol. The summed E-state index contributed by atoms with van der Waals surface area (Å²) in [7, 11) is 0. The van der Waals surface area contributed by atoms with E-state index in [1.54, 1.807) is 6.08 Å². The van der Waals surface area contributed by atoms with E-state index >= 15 is 0 Å². The molecule has 0 aromatic rings. The number of allylic oxidation sites excluding steroid dienone is 2. The standard InChI is InChI=1S/C16H22O3S/c1-2-20-16(6-3-7-16)11-8-12(17)10-13(9-11)19-15-5-4-14(15)18/h10-11,15H,2-9H2,1H3. The lowest BCUT2D eigenvalue weighted by molar-refractivity contribution is -0.137. The van der Waals surface area contributed by atoms with Crippen molar-refractivity contribution < 1.29 is 14.3 Å². The van der Waals surface area contributed by atoms with Crippen LogP contribution in [-0.2, 0) is 14.3 Å². The highest BCUT2D eigenvalue weighted by molar-refractivity contribution is 8.00. The fourth-order valence-electron chi connectivity index (χ4n) is 3.48. The van der Waals surface area contributed by atoms with Crippen LogP contribution >= 0.6 is 11.8 Å². The number of hydrogen-bond donors (Lipinski definition) is 0. The summed E-state index contributed by atoms with van der Waals surface area (Å²) in [5, 5.41) is 0. The highest BCUT2D eigenvalue weighted by atomic mass is 32.2. The van der Waals surface area contributed by atoms with Crippen molar-refractivity contribution in [3.8, 4) is 0 Å². The number of carbonyl (C=O) groups is 2. The molecule has 3 aliphatic rings. The van der Waals surface area contributed by atoms with Gasteiger partial charge in [0.1, 0.15) is 5.76 Å². The molecule has 2 saturated carbocycles. The van der Waals surface area contributed by atoms with E-state index in [1.165, 1.54) is 19.3 Å². The summed E-state index contributed by atoms with van der Waals surface area (Å²) in [5.41, 5.74) is 0. The largest absolute Gasteiger partial charge is 0.487 e. The molecule has 0 heterocycles. The molecule has 2 atom stereocenters. The van der Waals surface area contributed by atoms with Gasteiger partial charge >= 0.3 is 0 Å². The van der Waals surface area contributed by atoms with E-state index in [-0.39, 0.29) is 22.4 Å². The number of hydrogen-bond acceptors (Lipinski definition) is 4. The summed E-state index contributed by atoms with van der Waals surface area (Å²) < 4.78 is 6.05. The van der Waals surface area contributed by atoms with Crippen molar-refractivity contribution >= 4 is 23.3 Å². The van der Waals surface area contributed by atoms with Crippen LogP contribution in [0.3, 0.4) is 0 Å². The Hall–Kier alpha value is -0.770. The summed E-state index contributed by atoms with van der Waals surface area (Å²) in [5.74, 6) is 2.61. The van der Waals surface area contributed by atoms with E-state index in [0.29, 0.717) is 18.8 Å². The van der Waals surface area contributed by atoms with Crippen molar-refractivity contribution in [3.05, 3.63) is 11.8 Å². The van der Waals surface area contributed by atoms with E-state index in [2.05, 4.69) is 6.92 Å². The summed E-state index contributed by atoms with van der Waals surface area (Å²) in [4.78, 5) is 23.4. The van der Waals surface area contributed by atoms with Crippen LogP contribution in [0.5, 0.6) is 0 Å². The van der Waals surface area contributed by atoms with Gasteiger partial charge in [-0.25, -0.2) is 0 Å². The second kappa shape index (κ2) is 5.55. The minimum absolute atomic E-state index is 0.172. The van der Waals surface area contributed by atoms with Gasteiger partial charge in [-0.15, -0.1) is 0 Å². The molecule has 0 bridgehead atoms. The van der Waals surface area contributed by atoms with Gasteiger partial charge in [0, 0.05) is 30.1 Å². The first-order valence-corrected chi connectivity index (χ1v) is 8.68. The number of thioether (sulfide) groups is 1. The number of ketones is 2. The van der Waals surface area contributed by atoms with E-state index in [9.17, 15) is 9.59 Å². The summed E-state index contributed by atoms with van der Waals surface area (Å²) >= 11 is 2.01. The predicted octanol–water partition coefficient (Wildman–Crippen LogP) is 3.27. The molecule has 3 rings (SSSR count). The quantitative estimate of drug-likeness (QED) is 0.780.